The first kappa shape index (κ1) is 20.3. The van der Waals surface area contributed by atoms with Gasteiger partial charge in [-0.15, -0.1) is 10.2 Å². The second-order valence-corrected chi connectivity index (χ2v) is 6.19. The van der Waals surface area contributed by atoms with Gasteiger partial charge in [-0.25, -0.2) is 0 Å². The Balaban J connectivity index is 1.76. The van der Waals surface area contributed by atoms with Crippen LogP contribution < -0.4 is 10.1 Å². The summed E-state index contributed by atoms with van der Waals surface area (Å²) in [5.74, 6) is 0.119. The molecular weight excluding hydrogens is 372 g/mol. The topological polar surface area (TPSA) is 97.4 Å². The fourth-order valence-electron chi connectivity index (χ4n) is 3.00. The number of ether oxygens (including phenoxy) is 2. The molecule has 0 radical (unpaired) electrons. The van der Waals surface area contributed by atoms with E-state index in [0.717, 1.165) is 10.9 Å². The van der Waals surface area contributed by atoms with E-state index < -0.39 is 5.91 Å². The molecule has 0 fully saturated rings. The first-order valence-electron chi connectivity index (χ1n) is 9.35. The minimum absolute atomic E-state index is 0.0415. The Bertz CT molecular complexity index is 1010. The van der Waals surface area contributed by atoms with Crippen LogP contribution in [0.2, 0.25) is 0 Å². The van der Waals surface area contributed by atoms with Gasteiger partial charge in [-0.3, -0.25) is 4.79 Å². The summed E-state index contributed by atoms with van der Waals surface area (Å²) in [6.45, 7) is 3.39. The summed E-state index contributed by atoms with van der Waals surface area (Å²) in [7, 11) is 1.56. The maximum atomic E-state index is 12.2. The number of nitrogens with one attached hydrogen (secondary N) is 1. The van der Waals surface area contributed by atoms with E-state index in [1.165, 1.54) is 0 Å². The van der Waals surface area contributed by atoms with E-state index in [1.807, 2.05) is 43.3 Å². The minimum Gasteiger partial charge on any atom is -0.495 e. The fraction of sp³-hybridized carbons (Fsp3) is 0.286. The smallest absolute Gasteiger partial charge is 0.283 e. The Labute approximate surface area is 168 Å². The van der Waals surface area contributed by atoms with Gasteiger partial charge in [0.15, 0.2) is 5.69 Å². The first-order valence-corrected chi connectivity index (χ1v) is 9.35. The summed E-state index contributed by atoms with van der Waals surface area (Å²) in [4.78, 5) is 12.2. The van der Waals surface area contributed by atoms with Gasteiger partial charge in [0.25, 0.3) is 5.91 Å². The largest absolute Gasteiger partial charge is 0.495 e. The Morgan fingerprint density at radius 1 is 1.17 bits per heavy atom. The van der Waals surface area contributed by atoms with Crippen molar-refractivity contribution in [1.82, 2.24) is 4.57 Å². The summed E-state index contributed by atoms with van der Waals surface area (Å²) in [6, 6.07) is 14.7. The zero-order valence-corrected chi connectivity index (χ0v) is 16.5. The van der Waals surface area contributed by atoms with Gasteiger partial charge in [0.2, 0.25) is 5.88 Å². The molecule has 0 aliphatic carbocycles. The normalized spacial score (nSPS) is 11.2. The van der Waals surface area contributed by atoms with E-state index >= 15 is 0 Å². The molecule has 0 aliphatic heterocycles. The van der Waals surface area contributed by atoms with E-state index in [-0.39, 0.29) is 18.1 Å². The van der Waals surface area contributed by atoms with Crippen molar-refractivity contribution in [3.8, 4) is 11.6 Å². The van der Waals surface area contributed by atoms with Gasteiger partial charge in [-0.2, -0.15) is 0 Å². The zero-order chi connectivity index (χ0) is 20.6. The Hall–Kier alpha value is -3.39. The maximum Gasteiger partial charge on any atom is 0.283 e. The summed E-state index contributed by atoms with van der Waals surface area (Å²) in [5, 5.41) is 22.1. The molecule has 1 amide bonds. The quantitative estimate of drug-likeness (QED) is 0.419. The molecule has 0 bridgehead atoms. The monoisotopic (exact) mass is 396 g/mol. The van der Waals surface area contributed by atoms with Crippen LogP contribution in [0.25, 0.3) is 10.9 Å². The number of hydrogen-bond acceptors (Lipinski definition) is 6. The van der Waals surface area contributed by atoms with Crippen molar-refractivity contribution in [2.24, 2.45) is 10.2 Å². The standard InChI is InChI=1S/C21H24N4O4/c1-3-29-13-12-25-17-10-6-4-8-15(17)20(21(25)27)24-23-19(26)14-22-16-9-5-7-11-18(16)28-2/h4-11,22,27H,3,12-14H2,1-2H3. The number of methoxy groups -OCH3 is 1. The molecule has 0 saturated carbocycles. The average molecular weight is 396 g/mol. The number of para-hydroxylation sites is 3. The van der Waals surface area contributed by atoms with Crippen molar-refractivity contribution in [3.05, 3.63) is 48.5 Å². The van der Waals surface area contributed by atoms with E-state index in [2.05, 4.69) is 15.5 Å². The number of azo groups is 1. The zero-order valence-electron chi connectivity index (χ0n) is 16.5. The van der Waals surface area contributed by atoms with Crippen molar-refractivity contribution in [1.29, 1.82) is 0 Å². The third kappa shape index (κ3) is 4.72. The Morgan fingerprint density at radius 3 is 2.72 bits per heavy atom. The lowest BCUT2D eigenvalue weighted by Gasteiger charge is -2.08. The highest BCUT2D eigenvalue weighted by Gasteiger charge is 2.16. The molecule has 3 aromatic rings. The number of rotatable bonds is 9. The predicted molar refractivity (Wildman–Crippen MR) is 111 cm³/mol. The van der Waals surface area contributed by atoms with Crippen LogP contribution in [0.3, 0.4) is 0 Å². The number of anilines is 1. The first-order chi connectivity index (χ1) is 14.2. The van der Waals surface area contributed by atoms with Crippen LogP contribution >= 0.6 is 0 Å². The Morgan fingerprint density at radius 2 is 1.93 bits per heavy atom. The fourth-order valence-corrected chi connectivity index (χ4v) is 3.00. The number of aromatic nitrogens is 1. The van der Waals surface area contributed by atoms with Gasteiger partial charge >= 0.3 is 0 Å². The van der Waals surface area contributed by atoms with E-state index in [1.54, 1.807) is 23.8 Å². The molecule has 1 heterocycles. The molecule has 8 heteroatoms. The molecule has 8 nitrogen and oxygen atoms in total. The molecule has 2 N–H and O–H groups in total. The number of benzene rings is 2. The van der Waals surface area contributed by atoms with Crippen LogP contribution in [0.15, 0.2) is 58.8 Å². The lowest BCUT2D eigenvalue weighted by atomic mass is 10.2. The SMILES string of the molecule is CCOCCn1c(O)c(N=NC(=O)CNc2ccccc2OC)c2ccccc21. The molecule has 29 heavy (non-hydrogen) atoms. The van der Waals surface area contributed by atoms with Crippen molar-refractivity contribution in [2.45, 2.75) is 13.5 Å². The number of amides is 1. The molecule has 152 valence electrons. The van der Waals surface area contributed by atoms with Gasteiger partial charge in [0.1, 0.15) is 5.75 Å². The molecule has 2 aromatic carbocycles. The number of fused-ring (bicyclic) bond motifs is 1. The lowest BCUT2D eigenvalue weighted by molar-refractivity contribution is -0.116. The van der Waals surface area contributed by atoms with Gasteiger partial charge in [-0.05, 0) is 25.1 Å². The average Bonchev–Trinajstić information content (AvgIpc) is 3.02. The summed E-state index contributed by atoms with van der Waals surface area (Å²) in [5.41, 5.74) is 1.76. The second kappa shape index (κ2) is 9.70. The number of hydrogen-bond donors (Lipinski definition) is 2. The van der Waals surface area contributed by atoms with Crippen molar-refractivity contribution < 1.29 is 19.4 Å². The van der Waals surface area contributed by atoms with Crippen molar-refractivity contribution in [3.63, 3.8) is 0 Å². The van der Waals surface area contributed by atoms with Crippen LogP contribution in [-0.2, 0) is 16.1 Å². The summed E-state index contributed by atoms with van der Waals surface area (Å²) < 4.78 is 12.3. The number of aromatic hydroxyl groups is 1. The van der Waals surface area contributed by atoms with Crippen molar-refractivity contribution >= 4 is 28.2 Å². The van der Waals surface area contributed by atoms with E-state index in [4.69, 9.17) is 9.47 Å². The highest BCUT2D eigenvalue weighted by molar-refractivity contribution is 5.95. The van der Waals surface area contributed by atoms with Crippen LogP contribution in [0.5, 0.6) is 11.6 Å². The number of carbonyl (C=O) groups is 1. The van der Waals surface area contributed by atoms with E-state index in [9.17, 15) is 9.90 Å². The molecule has 0 aliphatic rings. The van der Waals surface area contributed by atoms with Crippen LogP contribution in [0.1, 0.15) is 6.92 Å². The van der Waals surface area contributed by atoms with Gasteiger partial charge in [-0.1, -0.05) is 30.3 Å². The predicted octanol–water partition coefficient (Wildman–Crippen LogP) is 4.11. The summed E-state index contributed by atoms with van der Waals surface area (Å²) >= 11 is 0. The number of carbonyl (C=O) groups excluding carboxylic acids is 1. The highest BCUT2D eigenvalue weighted by atomic mass is 16.5. The van der Waals surface area contributed by atoms with Crippen LogP contribution in [0, 0.1) is 0 Å². The molecule has 0 saturated heterocycles. The molecule has 3 rings (SSSR count). The lowest BCUT2D eigenvalue weighted by Crippen LogP contribution is -2.11. The second-order valence-electron chi connectivity index (χ2n) is 6.19. The molecular formula is C21H24N4O4. The van der Waals surface area contributed by atoms with Gasteiger partial charge in [0, 0.05) is 18.5 Å². The van der Waals surface area contributed by atoms with Crippen LogP contribution in [-0.4, -0.2) is 42.4 Å². The number of nitrogens with zero attached hydrogens (tertiary/aromatic N) is 3. The maximum absolute atomic E-state index is 12.2. The molecule has 1 aromatic heterocycles. The molecule has 0 spiro atoms. The third-order valence-corrected chi connectivity index (χ3v) is 4.38. The third-order valence-electron chi connectivity index (χ3n) is 4.38. The van der Waals surface area contributed by atoms with Gasteiger partial charge < -0.3 is 24.5 Å². The van der Waals surface area contributed by atoms with Crippen molar-refractivity contribution in [2.75, 3.05) is 32.2 Å². The van der Waals surface area contributed by atoms with E-state index in [0.29, 0.717) is 31.2 Å². The summed E-state index contributed by atoms with van der Waals surface area (Å²) in [6.07, 6.45) is 0. The Kier molecular flexibility index (Phi) is 6.80. The van der Waals surface area contributed by atoms with Gasteiger partial charge in [0.05, 0.1) is 31.5 Å². The highest BCUT2D eigenvalue weighted by Crippen LogP contribution is 2.38. The van der Waals surface area contributed by atoms with Crippen LogP contribution in [0.4, 0.5) is 11.4 Å². The minimum atomic E-state index is -0.471. The molecule has 0 atom stereocenters. The molecule has 0 unspecified atom stereocenters.